The Bertz CT molecular complexity index is 1540. The van der Waals surface area contributed by atoms with Gasteiger partial charge in [0.25, 0.3) is 0 Å². The molecule has 2 aliphatic heterocycles. The lowest BCUT2D eigenvalue weighted by Gasteiger charge is -2.37. The maximum absolute atomic E-state index is 13.3. The fourth-order valence-electron chi connectivity index (χ4n) is 6.28. The number of anilines is 2. The number of para-hydroxylation sites is 1. The molecule has 6 rings (SSSR count). The van der Waals surface area contributed by atoms with Gasteiger partial charge in [-0.05, 0) is 74.0 Å². The molecular formula is C37H40N2O3. The lowest BCUT2D eigenvalue weighted by molar-refractivity contribution is 0.0224. The third-order valence-corrected chi connectivity index (χ3v) is 8.40. The molecule has 1 N–H and O–H groups in total. The number of fused-ring (bicyclic) bond motifs is 6. The molecule has 42 heavy (non-hydrogen) atoms. The fourth-order valence-corrected chi connectivity index (χ4v) is 6.28. The predicted molar refractivity (Wildman–Crippen MR) is 169 cm³/mol. The number of hydrogen-bond acceptors (Lipinski definition) is 5. The second-order valence-corrected chi connectivity index (χ2v) is 11.4. The van der Waals surface area contributed by atoms with Crippen molar-refractivity contribution in [3.63, 3.8) is 0 Å². The molecule has 0 bridgehead atoms. The van der Waals surface area contributed by atoms with Crippen molar-refractivity contribution >= 4 is 17.3 Å². The zero-order valence-electron chi connectivity index (χ0n) is 24.7. The Balaban J connectivity index is 1.39. The highest BCUT2D eigenvalue weighted by Gasteiger charge is 2.53. The van der Waals surface area contributed by atoms with Gasteiger partial charge in [-0.1, -0.05) is 88.1 Å². The number of carbonyl (C=O) groups excluding carboxylic acids is 1. The molecule has 1 spiro atoms. The Morgan fingerprint density at radius 3 is 2.19 bits per heavy atom. The monoisotopic (exact) mass is 560 g/mol. The Hall–Kier alpha value is -4.09. The van der Waals surface area contributed by atoms with Gasteiger partial charge < -0.3 is 14.8 Å². The molecule has 0 radical (unpaired) electrons. The van der Waals surface area contributed by atoms with E-state index in [4.69, 9.17) is 9.47 Å². The Kier molecular flexibility index (Phi) is 8.29. The minimum Gasteiger partial charge on any atom is -0.456 e. The van der Waals surface area contributed by atoms with Crippen LogP contribution in [0.3, 0.4) is 0 Å². The third kappa shape index (κ3) is 5.41. The summed E-state index contributed by atoms with van der Waals surface area (Å²) < 4.78 is 13.0. The summed E-state index contributed by atoms with van der Waals surface area (Å²) in [5, 5.41) is 3.49. The van der Waals surface area contributed by atoms with E-state index in [9.17, 15) is 4.79 Å². The van der Waals surface area contributed by atoms with Crippen molar-refractivity contribution in [3.05, 3.63) is 119 Å². The maximum Gasteiger partial charge on any atom is 0.340 e. The maximum atomic E-state index is 13.3. The molecule has 4 aromatic carbocycles. The first-order chi connectivity index (χ1) is 20.6. The Morgan fingerprint density at radius 1 is 0.690 bits per heavy atom. The van der Waals surface area contributed by atoms with Crippen LogP contribution in [-0.4, -0.2) is 24.0 Å². The second kappa shape index (κ2) is 12.4. The van der Waals surface area contributed by atoms with Crippen molar-refractivity contribution in [3.8, 4) is 11.5 Å². The van der Waals surface area contributed by atoms with E-state index in [-0.39, 0.29) is 5.97 Å². The highest BCUT2D eigenvalue weighted by atomic mass is 16.6. The minimum absolute atomic E-state index is 0.312. The van der Waals surface area contributed by atoms with Gasteiger partial charge in [0.15, 0.2) is 5.60 Å². The number of rotatable bonds is 12. The first kappa shape index (κ1) is 28.0. The van der Waals surface area contributed by atoms with Crippen LogP contribution in [0.5, 0.6) is 11.5 Å². The van der Waals surface area contributed by atoms with Gasteiger partial charge in [-0.3, -0.25) is 4.90 Å². The number of ether oxygens (including phenoxy) is 2. The summed E-state index contributed by atoms with van der Waals surface area (Å²) in [6.07, 6.45) is 7.38. The van der Waals surface area contributed by atoms with Gasteiger partial charge in [0.1, 0.15) is 11.5 Å². The zero-order valence-corrected chi connectivity index (χ0v) is 24.7. The number of hydrogen-bond donors (Lipinski definition) is 1. The number of nitrogens with one attached hydrogen (secondary N) is 1. The minimum atomic E-state index is -1.08. The van der Waals surface area contributed by atoms with Crippen LogP contribution in [0, 0.1) is 0 Å². The average Bonchev–Trinajstić information content (AvgIpc) is 3.31. The molecule has 0 saturated carbocycles. The Labute approximate surface area is 249 Å². The van der Waals surface area contributed by atoms with E-state index in [0.29, 0.717) is 11.3 Å². The van der Waals surface area contributed by atoms with Crippen molar-refractivity contribution in [2.24, 2.45) is 0 Å². The molecule has 216 valence electrons. The molecular weight excluding hydrogens is 520 g/mol. The highest BCUT2D eigenvalue weighted by Crippen LogP contribution is 2.56. The summed E-state index contributed by atoms with van der Waals surface area (Å²) in [6, 6.07) is 30.3. The summed E-state index contributed by atoms with van der Waals surface area (Å²) in [5.41, 5.74) is 5.15. The molecule has 1 unspecified atom stereocenters. The fraction of sp³-hybridized carbons (Fsp3) is 0.324. The SMILES string of the molecule is CCCCCN(CCCCC)Cc1ccc2c(c1)Oc1ccc(Nc3ccccc3)cc1C21OC(=O)c2ccccc21. The lowest BCUT2D eigenvalue weighted by atomic mass is 9.77. The van der Waals surface area contributed by atoms with Gasteiger partial charge in [-0.25, -0.2) is 4.79 Å². The van der Waals surface area contributed by atoms with Crippen LogP contribution in [0.1, 0.15) is 85.0 Å². The standard InChI is InChI=1S/C37H40N2O3/c1-3-5-12-22-39(23-13-6-4-2)26-27-18-20-32-35(24-27)41-34-21-19-29(38-28-14-8-7-9-15-28)25-33(34)37(32)31-17-11-10-16-30(31)36(40)42-37/h7-11,14-21,24-25,38H,3-6,12-13,22-23,26H2,1-2H3. The van der Waals surface area contributed by atoms with Gasteiger partial charge >= 0.3 is 5.97 Å². The molecule has 0 fully saturated rings. The number of nitrogens with zero attached hydrogens (tertiary/aromatic N) is 1. The van der Waals surface area contributed by atoms with Gasteiger partial charge in [-0.15, -0.1) is 0 Å². The van der Waals surface area contributed by atoms with Crippen molar-refractivity contribution in [2.75, 3.05) is 18.4 Å². The molecule has 0 aromatic heterocycles. The first-order valence-electron chi connectivity index (χ1n) is 15.5. The van der Waals surface area contributed by atoms with Crippen molar-refractivity contribution in [1.82, 2.24) is 4.90 Å². The molecule has 2 aliphatic rings. The van der Waals surface area contributed by atoms with Gasteiger partial charge in [0.05, 0.1) is 5.56 Å². The zero-order chi connectivity index (χ0) is 28.9. The third-order valence-electron chi connectivity index (χ3n) is 8.40. The summed E-state index contributed by atoms with van der Waals surface area (Å²) in [7, 11) is 0. The van der Waals surface area contributed by atoms with Gasteiger partial charge in [0, 0.05) is 34.6 Å². The largest absolute Gasteiger partial charge is 0.456 e. The van der Waals surface area contributed by atoms with Crippen molar-refractivity contribution in [2.45, 2.75) is 64.5 Å². The van der Waals surface area contributed by atoms with E-state index in [1.54, 1.807) is 0 Å². The van der Waals surface area contributed by atoms with E-state index in [1.807, 2.05) is 66.7 Å². The molecule has 5 heteroatoms. The molecule has 2 heterocycles. The summed E-state index contributed by atoms with van der Waals surface area (Å²) in [6.45, 7) is 7.59. The van der Waals surface area contributed by atoms with Crippen LogP contribution in [0.2, 0.25) is 0 Å². The quantitative estimate of drug-likeness (QED) is 0.138. The summed E-state index contributed by atoms with van der Waals surface area (Å²) in [5.74, 6) is 1.13. The summed E-state index contributed by atoms with van der Waals surface area (Å²) >= 11 is 0. The van der Waals surface area contributed by atoms with E-state index in [1.165, 1.54) is 44.1 Å². The predicted octanol–water partition coefficient (Wildman–Crippen LogP) is 9.18. The number of esters is 1. The topological polar surface area (TPSA) is 50.8 Å². The average molecular weight is 561 g/mol. The molecule has 5 nitrogen and oxygen atoms in total. The van der Waals surface area contributed by atoms with E-state index >= 15 is 0 Å². The highest BCUT2D eigenvalue weighted by molar-refractivity contribution is 5.97. The molecule has 1 atom stereocenters. The van der Waals surface area contributed by atoms with E-state index in [0.717, 1.165) is 53.4 Å². The summed E-state index contributed by atoms with van der Waals surface area (Å²) in [4.78, 5) is 15.9. The van der Waals surface area contributed by atoms with Crippen LogP contribution >= 0.6 is 0 Å². The van der Waals surface area contributed by atoms with Crippen LogP contribution in [0.15, 0.2) is 91.0 Å². The Morgan fingerprint density at radius 2 is 1.43 bits per heavy atom. The van der Waals surface area contributed by atoms with Crippen molar-refractivity contribution < 1.29 is 14.3 Å². The lowest BCUT2D eigenvalue weighted by Crippen LogP contribution is -2.33. The van der Waals surface area contributed by atoms with Crippen molar-refractivity contribution in [1.29, 1.82) is 0 Å². The normalized spacial score (nSPS) is 16.5. The number of benzene rings is 4. The van der Waals surface area contributed by atoms with Gasteiger partial charge in [-0.2, -0.15) is 0 Å². The number of unbranched alkanes of at least 4 members (excludes halogenated alkanes) is 4. The molecule has 4 aromatic rings. The molecule has 0 amide bonds. The van der Waals surface area contributed by atoms with Gasteiger partial charge in [0.2, 0.25) is 0 Å². The van der Waals surface area contributed by atoms with Crippen LogP contribution in [0.4, 0.5) is 11.4 Å². The second-order valence-electron chi connectivity index (χ2n) is 11.4. The van der Waals surface area contributed by atoms with Crippen LogP contribution < -0.4 is 10.1 Å². The van der Waals surface area contributed by atoms with Crippen LogP contribution in [-0.2, 0) is 16.9 Å². The number of carbonyl (C=O) groups is 1. The smallest absolute Gasteiger partial charge is 0.340 e. The molecule has 0 aliphatic carbocycles. The van der Waals surface area contributed by atoms with Crippen LogP contribution in [0.25, 0.3) is 0 Å². The molecule has 0 saturated heterocycles. The van der Waals surface area contributed by atoms with E-state index in [2.05, 4.69) is 48.3 Å². The van der Waals surface area contributed by atoms with E-state index < -0.39 is 5.60 Å². The first-order valence-corrected chi connectivity index (χ1v) is 15.5.